The molecule has 0 saturated heterocycles. The van der Waals surface area contributed by atoms with Crippen LogP contribution in [0.25, 0.3) is 6.08 Å². The van der Waals surface area contributed by atoms with E-state index < -0.39 is 0 Å². The maximum absolute atomic E-state index is 12.4. The van der Waals surface area contributed by atoms with Crippen molar-refractivity contribution in [1.82, 2.24) is 5.32 Å². The van der Waals surface area contributed by atoms with Crippen LogP contribution < -0.4 is 10.1 Å². The van der Waals surface area contributed by atoms with E-state index in [0.717, 1.165) is 31.2 Å². The third-order valence-electron chi connectivity index (χ3n) is 4.61. The largest absolute Gasteiger partial charge is 0.486 e. The molecule has 2 aromatic rings. The number of nitrogens with one attached hydrogen (secondary N) is 1. The van der Waals surface area contributed by atoms with Crippen LogP contribution >= 0.6 is 27.5 Å². The average Bonchev–Trinajstić information content (AvgIpc) is 3.19. The topological polar surface area (TPSA) is 62.1 Å². The quantitative estimate of drug-likeness (QED) is 0.449. The Labute approximate surface area is 178 Å². The zero-order chi connectivity index (χ0) is 19.9. The van der Waals surface area contributed by atoms with Crippen molar-refractivity contribution >= 4 is 39.5 Å². The number of nitriles is 1. The first-order valence-electron chi connectivity index (χ1n) is 9.15. The number of amides is 1. The predicted molar refractivity (Wildman–Crippen MR) is 114 cm³/mol. The minimum absolute atomic E-state index is 0.0628. The number of nitrogens with zero attached hydrogens (tertiary/aromatic N) is 1. The van der Waals surface area contributed by atoms with Gasteiger partial charge in [-0.2, -0.15) is 5.26 Å². The molecule has 1 saturated carbocycles. The van der Waals surface area contributed by atoms with E-state index in [9.17, 15) is 10.1 Å². The Hall–Kier alpha value is -2.29. The third-order valence-corrected chi connectivity index (χ3v) is 5.48. The molecule has 0 atom stereocenters. The Morgan fingerprint density at radius 2 is 2.00 bits per heavy atom. The molecule has 0 bridgehead atoms. The number of benzene rings is 2. The van der Waals surface area contributed by atoms with Gasteiger partial charge in [-0.1, -0.05) is 54.8 Å². The molecule has 0 radical (unpaired) electrons. The van der Waals surface area contributed by atoms with E-state index in [1.807, 2.05) is 36.4 Å². The van der Waals surface area contributed by atoms with Gasteiger partial charge in [0.05, 0.1) is 9.50 Å². The van der Waals surface area contributed by atoms with Crippen molar-refractivity contribution in [1.29, 1.82) is 5.26 Å². The summed E-state index contributed by atoms with van der Waals surface area (Å²) in [4.78, 5) is 12.4. The number of hydrogen-bond donors (Lipinski definition) is 1. The summed E-state index contributed by atoms with van der Waals surface area (Å²) in [6.07, 6.45) is 5.71. The first kappa shape index (κ1) is 20.4. The number of halogens is 2. The summed E-state index contributed by atoms with van der Waals surface area (Å²) in [6.45, 7) is 0.390. The van der Waals surface area contributed by atoms with Gasteiger partial charge in [0.15, 0.2) is 5.75 Å². The molecule has 0 spiro atoms. The van der Waals surface area contributed by atoms with E-state index in [2.05, 4.69) is 21.2 Å². The fourth-order valence-electron chi connectivity index (χ4n) is 3.18. The van der Waals surface area contributed by atoms with Crippen LogP contribution in [-0.2, 0) is 11.4 Å². The molecule has 1 aliphatic carbocycles. The maximum Gasteiger partial charge on any atom is 0.262 e. The zero-order valence-corrected chi connectivity index (χ0v) is 17.6. The van der Waals surface area contributed by atoms with Gasteiger partial charge >= 0.3 is 0 Å². The highest BCUT2D eigenvalue weighted by Gasteiger charge is 2.19. The molecule has 1 fully saturated rings. The standard InChI is InChI=1S/C22H20BrClN2O2/c23-19-11-16(10-17(13-25)22(27)26-18-8-4-5-9-18)12-20(24)21(19)28-14-15-6-2-1-3-7-15/h1-3,6-7,10-12,18H,4-5,8-9,14H2,(H,26,27)/b17-10-. The summed E-state index contributed by atoms with van der Waals surface area (Å²) >= 11 is 9.85. The van der Waals surface area contributed by atoms with Gasteiger partial charge < -0.3 is 10.1 Å². The second kappa shape index (κ2) is 9.77. The molecule has 1 amide bonds. The van der Waals surface area contributed by atoms with E-state index in [4.69, 9.17) is 16.3 Å². The lowest BCUT2D eigenvalue weighted by Crippen LogP contribution is -2.33. The number of rotatable bonds is 6. The molecule has 0 aliphatic heterocycles. The molecule has 4 nitrogen and oxygen atoms in total. The number of carbonyl (C=O) groups is 1. The maximum atomic E-state index is 12.4. The Balaban J connectivity index is 1.73. The molecule has 0 heterocycles. The summed E-state index contributed by atoms with van der Waals surface area (Å²) in [7, 11) is 0. The van der Waals surface area contributed by atoms with Gasteiger partial charge in [0.1, 0.15) is 18.2 Å². The number of ether oxygens (including phenoxy) is 1. The average molecular weight is 460 g/mol. The molecule has 1 aliphatic rings. The molecule has 3 rings (SSSR count). The summed E-state index contributed by atoms with van der Waals surface area (Å²) in [5, 5.41) is 12.7. The molecule has 0 aromatic heterocycles. The Bertz CT molecular complexity index is 893. The summed E-state index contributed by atoms with van der Waals surface area (Å²) in [6, 6.07) is 15.4. The Kier molecular flexibility index (Phi) is 7.13. The predicted octanol–water partition coefficient (Wildman–Crippen LogP) is 5.65. The van der Waals surface area contributed by atoms with E-state index in [-0.39, 0.29) is 17.5 Å². The molecule has 28 heavy (non-hydrogen) atoms. The van der Waals surface area contributed by atoms with Gasteiger partial charge in [0.25, 0.3) is 5.91 Å². The van der Waals surface area contributed by atoms with Gasteiger partial charge in [-0.25, -0.2) is 0 Å². The van der Waals surface area contributed by atoms with Crippen LogP contribution in [-0.4, -0.2) is 11.9 Å². The minimum Gasteiger partial charge on any atom is -0.486 e. The highest BCUT2D eigenvalue weighted by molar-refractivity contribution is 9.10. The lowest BCUT2D eigenvalue weighted by atomic mass is 10.1. The lowest BCUT2D eigenvalue weighted by Gasteiger charge is -2.12. The smallest absolute Gasteiger partial charge is 0.262 e. The lowest BCUT2D eigenvalue weighted by molar-refractivity contribution is -0.117. The van der Waals surface area contributed by atoms with Crippen molar-refractivity contribution in [3.8, 4) is 11.8 Å². The van der Waals surface area contributed by atoms with Gasteiger partial charge in [0.2, 0.25) is 0 Å². The molecule has 0 unspecified atom stereocenters. The van der Waals surface area contributed by atoms with Crippen LogP contribution in [0.4, 0.5) is 0 Å². The Morgan fingerprint density at radius 1 is 1.29 bits per heavy atom. The second-order valence-electron chi connectivity index (χ2n) is 6.71. The van der Waals surface area contributed by atoms with E-state index in [1.54, 1.807) is 18.2 Å². The van der Waals surface area contributed by atoms with Crippen LogP contribution in [0, 0.1) is 11.3 Å². The fraction of sp³-hybridized carbons (Fsp3) is 0.273. The van der Waals surface area contributed by atoms with Gasteiger partial charge in [-0.05, 0) is 58.1 Å². The van der Waals surface area contributed by atoms with Crippen LogP contribution in [0.2, 0.25) is 5.02 Å². The Morgan fingerprint density at radius 3 is 2.64 bits per heavy atom. The monoisotopic (exact) mass is 458 g/mol. The van der Waals surface area contributed by atoms with Crippen molar-refractivity contribution in [3.63, 3.8) is 0 Å². The van der Waals surface area contributed by atoms with E-state index in [1.165, 1.54) is 0 Å². The van der Waals surface area contributed by atoms with Crippen molar-refractivity contribution < 1.29 is 9.53 Å². The van der Waals surface area contributed by atoms with Crippen molar-refractivity contribution in [2.75, 3.05) is 0 Å². The first-order chi connectivity index (χ1) is 13.6. The molecule has 144 valence electrons. The summed E-state index contributed by atoms with van der Waals surface area (Å²) in [5.41, 5.74) is 1.75. The third kappa shape index (κ3) is 5.37. The van der Waals surface area contributed by atoms with Crippen molar-refractivity contribution in [2.45, 2.75) is 38.3 Å². The number of carbonyl (C=O) groups excluding carboxylic acids is 1. The highest BCUT2D eigenvalue weighted by atomic mass is 79.9. The van der Waals surface area contributed by atoms with Crippen LogP contribution in [0.3, 0.4) is 0 Å². The zero-order valence-electron chi connectivity index (χ0n) is 15.3. The van der Waals surface area contributed by atoms with Crippen molar-refractivity contribution in [3.05, 3.63) is 68.7 Å². The van der Waals surface area contributed by atoms with Crippen LogP contribution in [0.15, 0.2) is 52.5 Å². The fourth-order valence-corrected chi connectivity index (χ4v) is 4.17. The van der Waals surface area contributed by atoms with E-state index in [0.29, 0.717) is 27.4 Å². The van der Waals surface area contributed by atoms with Crippen LogP contribution in [0.5, 0.6) is 5.75 Å². The molecule has 6 heteroatoms. The SMILES string of the molecule is N#C/C(=C/c1cc(Cl)c(OCc2ccccc2)c(Br)c1)C(=O)NC1CCCC1. The van der Waals surface area contributed by atoms with Gasteiger partial charge in [-0.3, -0.25) is 4.79 Å². The molecule has 1 N–H and O–H groups in total. The molecular weight excluding hydrogens is 440 g/mol. The molecular formula is C22H20BrClN2O2. The van der Waals surface area contributed by atoms with E-state index >= 15 is 0 Å². The van der Waals surface area contributed by atoms with Gasteiger partial charge in [-0.15, -0.1) is 0 Å². The number of hydrogen-bond acceptors (Lipinski definition) is 3. The normalized spacial score (nSPS) is 14.5. The summed E-state index contributed by atoms with van der Waals surface area (Å²) < 4.78 is 6.49. The highest BCUT2D eigenvalue weighted by Crippen LogP contribution is 2.35. The van der Waals surface area contributed by atoms with Crippen molar-refractivity contribution in [2.24, 2.45) is 0 Å². The summed E-state index contributed by atoms with van der Waals surface area (Å²) in [5.74, 6) is 0.183. The first-order valence-corrected chi connectivity index (χ1v) is 10.3. The van der Waals surface area contributed by atoms with Crippen LogP contribution in [0.1, 0.15) is 36.8 Å². The molecule has 2 aromatic carbocycles. The second-order valence-corrected chi connectivity index (χ2v) is 7.97. The minimum atomic E-state index is -0.342. The van der Waals surface area contributed by atoms with Gasteiger partial charge in [0, 0.05) is 6.04 Å².